The summed E-state index contributed by atoms with van der Waals surface area (Å²) in [4.78, 5) is 12.2. The molecule has 134 valence electrons. The van der Waals surface area contributed by atoms with Gasteiger partial charge in [-0.15, -0.1) is 13.2 Å². The van der Waals surface area contributed by atoms with Gasteiger partial charge in [-0.1, -0.05) is 18.2 Å². The van der Waals surface area contributed by atoms with Crippen LogP contribution in [0, 0.1) is 0 Å². The molecule has 0 spiro atoms. The highest BCUT2D eigenvalue weighted by molar-refractivity contribution is 5.94. The number of halogens is 3. The Morgan fingerprint density at radius 1 is 1.32 bits per heavy atom. The van der Waals surface area contributed by atoms with Crippen LogP contribution in [0.25, 0.3) is 0 Å². The van der Waals surface area contributed by atoms with E-state index in [4.69, 9.17) is 0 Å². The van der Waals surface area contributed by atoms with Gasteiger partial charge < -0.3 is 15.4 Å². The average molecular weight is 354 g/mol. The van der Waals surface area contributed by atoms with E-state index in [-0.39, 0.29) is 24.6 Å². The second-order valence-corrected chi connectivity index (χ2v) is 5.62. The standard InChI is InChI=1S/C16H17F3N4O2/c17-16(18,19)25-13-4-2-1-3-10(13)5-8-21-15(24)14-11-9-20-7-6-12(11)22-23-14/h1-4,20H,5-9H2,(H,21,24)(H,22,23). The number of para-hydroxylation sites is 1. The van der Waals surface area contributed by atoms with Crippen molar-refractivity contribution in [1.29, 1.82) is 0 Å². The van der Waals surface area contributed by atoms with Crippen LogP contribution >= 0.6 is 0 Å². The van der Waals surface area contributed by atoms with Crippen molar-refractivity contribution in [1.82, 2.24) is 20.8 Å². The summed E-state index contributed by atoms with van der Waals surface area (Å²) < 4.78 is 41.2. The van der Waals surface area contributed by atoms with Gasteiger partial charge in [-0.2, -0.15) is 5.10 Å². The van der Waals surface area contributed by atoms with Crippen LogP contribution in [0.5, 0.6) is 5.75 Å². The minimum Gasteiger partial charge on any atom is -0.406 e. The van der Waals surface area contributed by atoms with Gasteiger partial charge in [-0.3, -0.25) is 9.89 Å². The second-order valence-electron chi connectivity index (χ2n) is 5.62. The molecular weight excluding hydrogens is 337 g/mol. The fourth-order valence-electron chi connectivity index (χ4n) is 2.74. The smallest absolute Gasteiger partial charge is 0.406 e. The van der Waals surface area contributed by atoms with Crippen molar-refractivity contribution in [2.45, 2.75) is 25.7 Å². The molecule has 1 aromatic heterocycles. The van der Waals surface area contributed by atoms with Crippen LogP contribution in [-0.4, -0.2) is 35.6 Å². The summed E-state index contributed by atoms with van der Waals surface area (Å²) in [7, 11) is 0. The first-order valence-electron chi connectivity index (χ1n) is 7.83. The number of rotatable bonds is 5. The summed E-state index contributed by atoms with van der Waals surface area (Å²) in [6.07, 6.45) is -3.76. The van der Waals surface area contributed by atoms with E-state index >= 15 is 0 Å². The predicted octanol–water partition coefficient (Wildman–Crippen LogP) is 1.93. The number of hydrogen-bond donors (Lipinski definition) is 3. The molecule has 1 aliphatic rings. The first kappa shape index (κ1) is 17.3. The minimum absolute atomic E-state index is 0.173. The van der Waals surface area contributed by atoms with Gasteiger partial charge in [-0.05, 0) is 18.1 Å². The summed E-state index contributed by atoms with van der Waals surface area (Å²) in [6.45, 7) is 1.56. The summed E-state index contributed by atoms with van der Waals surface area (Å²) in [5.74, 6) is -0.610. The number of carbonyl (C=O) groups is 1. The van der Waals surface area contributed by atoms with Crippen LogP contribution in [0.3, 0.4) is 0 Å². The molecule has 1 amide bonds. The van der Waals surface area contributed by atoms with Gasteiger partial charge in [0.2, 0.25) is 0 Å². The summed E-state index contributed by atoms with van der Waals surface area (Å²) in [5.41, 5.74) is 2.46. The molecule has 3 rings (SSSR count). The highest BCUT2D eigenvalue weighted by Crippen LogP contribution is 2.26. The molecule has 0 fully saturated rings. The van der Waals surface area contributed by atoms with E-state index in [9.17, 15) is 18.0 Å². The van der Waals surface area contributed by atoms with Crippen molar-refractivity contribution in [2.24, 2.45) is 0 Å². The Morgan fingerprint density at radius 3 is 2.92 bits per heavy atom. The van der Waals surface area contributed by atoms with Crippen LogP contribution in [0.2, 0.25) is 0 Å². The molecular formula is C16H17F3N4O2. The topological polar surface area (TPSA) is 79.0 Å². The van der Waals surface area contributed by atoms with E-state index < -0.39 is 6.36 Å². The molecule has 0 atom stereocenters. The number of carbonyl (C=O) groups excluding carboxylic acids is 1. The molecule has 6 nitrogen and oxygen atoms in total. The first-order chi connectivity index (χ1) is 11.9. The second kappa shape index (κ2) is 7.14. The van der Waals surface area contributed by atoms with Crippen molar-refractivity contribution in [3.8, 4) is 5.75 Å². The molecule has 25 heavy (non-hydrogen) atoms. The molecule has 3 N–H and O–H groups in total. The molecule has 1 aliphatic heterocycles. The Labute approximate surface area is 141 Å². The van der Waals surface area contributed by atoms with E-state index in [0.717, 1.165) is 24.2 Å². The maximum absolute atomic E-state index is 12.4. The Morgan fingerprint density at radius 2 is 2.12 bits per heavy atom. The molecule has 0 radical (unpaired) electrons. The lowest BCUT2D eigenvalue weighted by Crippen LogP contribution is -2.29. The number of fused-ring (bicyclic) bond motifs is 1. The van der Waals surface area contributed by atoms with Crippen molar-refractivity contribution >= 4 is 5.91 Å². The third-order valence-corrected chi connectivity index (χ3v) is 3.90. The van der Waals surface area contributed by atoms with Gasteiger partial charge in [0.05, 0.1) is 0 Å². The highest BCUT2D eigenvalue weighted by Gasteiger charge is 2.32. The van der Waals surface area contributed by atoms with Gasteiger partial charge in [0.25, 0.3) is 5.91 Å². The van der Waals surface area contributed by atoms with Crippen LogP contribution in [0.4, 0.5) is 13.2 Å². The summed E-state index contributed by atoms with van der Waals surface area (Å²) in [6, 6.07) is 5.87. The zero-order valence-corrected chi connectivity index (χ0v) is 13.2. The zero-order chi connectivity index (χ0) is 17.9. The third-order valence-electron chi connectivity index (χ3n) is 3.90. The maximum Gasteiger partial charge on any atom is 0.573 e. The first-order valence-corrected chi connectivity index (χ1v) is 7.83. The number of aromatic amines is 1. The van der Waals surface area contributed by atoms with E-state index in [1.165, 1.54) is 18.2 Å². The van der Waals surface area contributed by atoms with Crippen molar-refractivity contribution < 1.29 is 22.7 Å². The summed E-state index contributed by atoms with van der Waals surface area (Å²) >= 11 is 0. The largest absolute Gasteiger partial charge is 0.573 e. The third kappa shape index (κ3) is 4.30. The van der Waals surface area contributed by atoms with Gasteiger partial charge in [0.1, 0.15) is 5.75 Å². The van der Waals surface area contributed by atoms with E-state index in [1.807, 2.05) is 0 Å². The molecule has 2 heterocycles. The number of amides is 1. The quantitative estimate of drug-likeness (QED) is 0.767. The molecule has 1 aromatic carbocycles. The van der Waals surface area contributed by atoms with Crippen LogP contribution < -0.4 is 15.4 Å². The summed E-state index contributed by atoms with van der Waals surface area (Å²) in [5, 5.41) is 12.8. The molecule has 0 unspecified atom stereocenters. The monoisotopic (exact) mass is 354 g/mol. The molecule has 0 aliphatic carbocycles. The number of aromatic nitrogens is 2. The number of H-pyrrole nitrogens is 1. The Bertz CT molecular complexity index is 758. The lowest BCUT2D eigenvalue weighted by molar-refractivity contribution is -0.274. The van der Waals surface area contributed by atoms with Crippen LogP contribution in [-0.2, 0) is 19.4 Å². The molecule has 0 saturated carbocycles. The Balaban J connectivity index is 1.60. The number of ether oxygens (including phenoxy) is 1. The fraction of sp³-hybridized carbons (Fsp3) is 0.375. The maximum atomic E-state index is 12.4. The SMILES string of the molecule is O=C(NCCc1ccccc1OC(F)(F)F)c1n[nH]c2c1CNCC2. The van der Waals surface area contributed by atoms with Gasteiger partial charge in [0.15, 0.2) is 5.69 Å². The Kier molecular flexibility index (Phi) is 4.93. The lowest BCUT2D eigenvalue weighted by atomic mass is 10.1. The predicted molar refractivity (Wildman–Crippen MR) is 83.2 cm³/mol. The van der Waals surface area contributed by atoms with Crippen molar-refractivity contribution in [3.05, 3.63) is 46.8 Å². The van der Waals surface area contributed by atoms with E-state index in [0.29, 0.717) is 17.8 Å². The normalized spacial score (nSPS) is 14.0. The van der Waals surface area contributed by atoms with Crippen molar-refractivity contribution in [3.63, 3.8) is 0 Å². The fourth-order valence-corrected chi connectivity index (χ4v) is 2.74. The van der Waals surface area contributed by atoms with Gasteiger partial charge in [0, 0.05) is 37.3 Å². The number of alkyl halides is 3. The van der Waals surface area contributed by atoms with Crippen LogP contribution in [0.15, 0.2) is 24.3 Å². The number of nitrogens with zero attached hydrogens (tertiary/aromatic N) is 1. The molecule has 0 bridgehead atoms. The molecule has 9 heteroatoms. The zero-order valence-electron chi connectivity index (χ0n) is 13.2. The van der Waals surface area contributed by atoms with Gasteiger partial charge >= 0.3 is 6.36 Å². The van der Waals surface area contributed by atoms with E-state index in [1.54, 1.807) is 6.07 Å². The average Bonchev–Trinajstić information content (AvgIpc) is 2.99. The van der Waals surface area contributed by atoms with Crippen LogP contribution in [0.1, 0.15) is 27.3 Å². The highest BCUT2D eigenvalue weighted by atomic mass is 19.4. The molecule has 2 aromatic rings. The molecule has 0 saturated heterocycles. The van der Waals surface area contributed by atoms with E-state index in [2.05, 4.69) is 25.6 Å². The number of benzene rings is 1. The number of hydrogen-bond acceptors (Lipinski definition) is 4. The number of nitrogens with one attached hydrogen (secondary N) is 3. The lowest BCUT2D eigenvalue weighted by Gasteiger charge is -2.14. The Hall–Kier alpha value is -2.55. The minimum atomic E-state index is -4.75. The van der Waals surface area contributed by atoms with Crippen molar-refractivity contribution in [2.75, 3.05) is 13.1 Å². The van der Waals surface area contributed by atoms with Gasteiger partial charge in [-0.25, -0.2) is 0 Å².